The van der Waals surface area contributed by atoms with E-state index in [0.717, 1.165) is 95.4 Å². The lowest BCUT2D eigenvalue weighted by atomic mass is 9.95. The Bertz CT molecular complexity index is 2530. The van der Waals surface area contributed by atoms with E-state index >= 15 is 0 Å². The van der Waals surface area contributed by atoms with Gasteiger partial charge >= 0.3 is 0 Å². The molecule has 3 aromatic heterocycles. The fourth-order valence-corrected chi connectivity index (χ4v) is 7.61. The smallest absolute Gasteiger partial charge is 0.160 e. The molecule has 10 aromatic rings. The maximum Gasteiger partial charge on any atom is 0.160 e. The summed E-state index contributed by atoms with van der Waals surface area (Å²) in [6, 6.07) is 79.7. The van der Waals surface area contributed by atoms with E-state index in [-0.39, 0.29) is 0 Å². The standard InChI is InChI=1S/C56H38N4/c1-7-19-39(20-8-1)45-34-50(41-23-11-3-12-24-41)57-52(36-45)47-31-48(53-37-46(40-21-9-2-10-22-40)35-51(58-53)42-25-13-4-14-26-42)33-49(32-47)56-59-54(43-27-15-5-16-28-43)38-55(60-56)44-29-17-6-18-30-44/h1-38H. The lowest BCUT2D eigenvalue weighted by Gasteiger charge is -2.15. The maximum atomic E-state index is 5.37. The van der Waals surface area contributed by atoms with E-state index in [1.165, 1.54) is 0 Å². The Morgan fingerprint density at radius 3 is 0.733 bits per heavy atom. The molecule has 0 saturated carbocycles. The van der Waals surface area contributed by atoms with Gasteiger partial charge in [-0.2, -0.15) is 0 Å². The monoisotopic (exact) mass is 766 g/mol. The van der Waals surface area contributed by atoms with Crippen molar-refractivity contribution in [3.63, 3.8) is 0 Å². The van der Waals surface area contributed by atoms with Crippen molar-refractivity contribution in [2.45, 2.75) is 0 Å². The summed E-state index contributed by atoms with van der Waals surface area (Å²) in [5.41, 5.74) is 16.4. The number of rotatable bonds is 9. The van der Waals surface area contributed by atoms with E-state index in [4.69, 9.17) is 19.9 Å². The highest BCUT2D eigenvalue weighted by atomic mass is 14.9. The fourth-order valence-electron chi connectivity index (χ4n) is 7.61. The molecule has 4 heteroatoms. The van der Waals surface area contributed by atoms with Gasteiger partial charge in [0.25, 0.3) is 0 Å². The average Bonchev–Trinajstić information content (AvgIpc) is 3.35. The van der Waals surface area contributed by atoms with Gasteiger partial charge < -0.3 is 0 Å². The third kappa shape index (κ3) is 7.78. The van der Waals surface area contributed by atoms with Crippen LogP contribution in [0, 0.1) is 0 Å². The lowest BCUT2D eigenvalue weighted by molar-refractivity contribution is 1.18. The van der Waals surface area contributed by atoms with Crippen molar-refractivity contribution in [2.24, 2.45) is 0 Å². The SMILES string of the molecule is c1ccc(-c2cc(-c3ccccc3)nc(-c3cc(-c4cc(-c5ccccc5)cc(-c5ccccc5)n4)cc(-c4nc(-c5ccccc5)cc(-c5ccccc5)n4)c3)c2)cc1. The van der Waals surface area contributed by atoms with Gasteiger partial charge in [0.05, 0.1) is 34.2 Å². The quantitative estimate of drug-likeness (QED) is 0.147. The Morgan fingerprint density at radius 2 is 0.417 bits per heavy atom. The summed E-state index contributed by atoms with van der Waals surface area (Å²) in [5, 5.41) is 0. The molecule has 10 rings (SSSR count). The molecule has 0 radical (unpaired) electrons. The van der Waals surface area contributed by atoms with Crippen LogP contribution in [-0.4, -0.2) is 19.9 Å². The van der Waals surface area contributed by atoms with Crippen molar-refractivity contribution < 1.29 is 0 Å². The summed E-state index contributed by atoms with van der Waals surface area (Å²) in [6.45, 7) is 0. The Kier molecular flexibility index (Phi) is 9.92. The van der Waals surface area contributed by atoms with Gasteiger partial charge in [-0.1, -0.05) is 182 Å². The van der Waals surface area contributed by atoms with Crippen LogP contribution in [0.15, 0.2) is 231 Å². The Morgan fingerprint density at radius 1 is 0.167 bits per heavy atom. The summed E-state index contributed by atoms with van der Waals surface area (Å²) >= 11 is 0. The highest BCUT2D eigenvalue weighted by molar-refractivity contribution is 5.84. The highest BCUT2D eigenvalue weighted by Gasteiger charge is 2.18. The molecule has 4 nitrogen and oxygen atoms in total. The summed E-state index contributed by atoms with van der Waals surface area (Å²) < 4.78 is 0. The van der Waals surface area contributed by atoms with Crippen LogP contribution in [0.1, 0.15) is 0 Å². The van der Waals surface area contributed by atoms with Crippen molar-refractivity contribution in [1.29, 1.82) is 0 Å². The molecule has 0 saturated heterocycles. The van der Waals surface area contributed by atoms with Crippen molar-refractivity contribution in [2.75, 3.05) is 0 Å². The second-order valence-electron chi connectivity index (χ2n) is 14.7. The molecule has 0 amide bonds. The van der Waals surface area contributed by atoms with E-state index in [2.05, 4.69) is 170 Å². The molecule has 0 aliphatic rings. The molecular formula is C56H38N4. The van der Waals surface area contributed by atoms with Crippen LogP contribution < -0.4 is 0 Å². The second-order valence-corrected chi connectivity index (χ2v) is 14.7. The van der Waals surface area contributed by atoms with Gasteiger partial charge in [-0.05, 0) is 70.8 Å². The summed E-state index contributed by atoms with van der Waals surface area (Å²) in [5.74, 6) is 0.614. The molecule has 0 aliphatic heterocycles. The predicted octanol–water partition coefficient (Wildman–Crippen LogP) is 14.3. The number of hydrogen-bond acceptors (Lipinski definition) is 4. The van der Waals surface area contributed by atoms with Gasteiger partial charge in [0, 0.05) is 38.9 Å². The Balaban J connectivity index is 1.24. The molecule has 3 heterocycles. The summed E-state index contributed by atoms with van der Waals surface area (Å²) in [4.78, 5) is 21.3. The number of nitrogens with zero attached hydrogens (tertiary/aromatic N) is 4. The minimum Gasteiger partial charge on any atom is -0.248 e. The Labute approximate surface area is 350 Å². The first-order chi connectivity index (χ1) is 29.7. The van der Waals surface area contributed by atoms with Crippen molar-refractivity contribution >= 4 is 0 Å². The molecule has 0 unspecified atom stereocenters. The van der Waals surface area contributed by atoms with Crippen molar-refractivity contribution in [1.82, 2.24) is 19.9 Å². The molecule has 0 atom stereocenters. The minimum atomic E-state index is 0.614. The second kappa shape index (κ2) is 16.4. The van der Waals surface area contributed by atoms with E-state index in [1.54, 1.807) is 0 Å². The van der Waals surface area contributed by atoms with Crippen molar-refractivity contribution in [3.8, 4) is 101 Å². The third-order valence-electron chi connectivity index (χ3n) is 10.7. The van der Waals surface area contributed by atoms with Gasteiger partial charge in [-0.15, -0.1) is 0 Å². The van der Waals surface area contributed by atoms with E-state index in [0.29, 0.717) is 5.82 Å². The zero-order valence-corrected chi connectivity index (χ0v) is 32.7. The minimum absolute atomic E-state index is 0.614. The van der Waals surface area contributed by atoms with Gasteiger partial charge in [-0.25, -0.2) is 19.9 Å². The van der Waals surface area contributed by atoms with Crippen LogP contribution in [0.3, 0.4) is 0 Å². The molecule has 0 N–H and O–H groups in total. The van der Waals surface area contributed by atoms with Crippen LogP contribution in [0.2, 0.25) is 0 Å². The van der Waals surface area contributed by atoms with Crippen LogP contribution in [0.4, 0.5) is 0 Å². The van der Waals surface area contributed by atoms with E-state index in [9.17, 15) is 0 Å². The normalized spacial score (nSPS) is 11.0. The number of aromatic nitrogens is 4. The van der Waals surface area contributed by atoms with Gasteiger partial charge in [-0.3, -0.25) is 0 Å². The largest absolute Gasteiger partial charge is 0.248 e. The maximum absolute atomic E-state index is 5.37. The third-order valence-corrected chi connectivity index (χ3v) is 10.7. The summed E-state index contributed by atoms with van der Waals surface area (Å²) in [6.07, 6.45) is 0. The molecule has 0 aliphatic carbocycles. The molecule has 7 aromatic carbocycles. The van der Waals surface area contributed by atoms with Crippen LogP contribution in [0.25, 0.3) is 101 Å². The molecule has 60 heavy (non-hydrogen) atoms. The number of hydrogen-bond donors (Lipinski definition) is 0. The first-order valence-electron chi connectivity index (χ1n) is 20.1. The predicted molar refractivity (Wildman–Crippen MR) is 247 cm³/mol. The van der Waals surface area contributed by atoms with Crippen LogP contribution in [-0.2, 0) is 0 Å². The molecule has 282 valence electrons. The zero-order chi connectivity index (χ0) is 40.1. The number of benzene rings is 7. The highest BCUT2D eigenvalue weighted by Crippen LogP contribution is 2.38. The zero-order valence-electron chi connectivity index (χ0n) is 32.7. The van der Waals surface area contributed by atoms with Crippen LogP contribution >= 0.6 is 0 Å². The topological polar surface area (TPSA) is 51.6 Å². The molecular weight excluding hydrogens is 729 g/mol. The Hall–Kier alpha value is -8.08. The first kappa shape index (κ1) is 36.3. The fraction of sp³-hybridized carbons (Fsp3) is 0. The van der Waals surface area contributed by atoms with Crippen molar-refractivity contribution in [3.05, 3.63) is 231 Å². The first-order valence-corrected chi connectivity index (χ1v) is 20.1. The van der Waals surface area contributed by atoms with Gasteiger partial charge in [0.2, 0.25) is 0 Å². The average molecular weight is 767 g/mol. The van der Waals surface area contributed by atoms with Gasteiger partial charge in [0.15, 0.2) is 5.82 Å². The lowest BCUT2D eigenvalue weighted by Crippen LogP contribution is -1.98. The molecule has 0 bridgehead atoms. The van der Waals surface area contributed by atoms with E-state index in [1.807, 2.05) is 60.7 Å². The van der Waals surface area contributed by atoms with Gasteiger partial charge in [0.1, 0.15) is 0 Å². The molecule has 0 spiro atoms. The van der Waals surface area contributed by atoms with E-state index < -0.39 is 0 Å². The van der Waals surface area contributed by atoms with Crippen LogP contribution in [0.5, 0.6) is 0 Å². The summed E-state index contributed by atoms with van der Waals surface area (Å²) in [7, 11) is 0. The number of pyridine rings is 2. The molecule has 0 fully saturated rings.